The van der Waals surface area contributed by atoms with Crippen LogP contribution in [0.2, 0.25) is 0 Å². The summed E-state index contributed by atoms with van der Waals surface area (Å²) in [6.07, 6.45) is 0.720. The van der Waals surface area contributed by atoms with Crippen molar-refractivity contribution in [2.45, 2.75) is 13.3 Å². The molecule has 0 bridgehead atoms. The summed E-state index contributed by atoms with van der Waals surface area (Å²) in [4.78, 5) is 0. The molecule has 58 valence electrons. The smallest absolute Gasteiger partial charge is 0.0583 e. The highest BCUT2D eigenvalue weighted by Gasteiger charge is 1.93. The van der Waals surface area contributed by atoms with Gasteiger partial charge in [0.15, 0.2) is 0 Å². The first-order chi connectivity index (χ1) is 5.33. The zero-order valence-corrected chi connectivity index (χ0v) is 6.49. The second-order valence-corrected chi connectivity index (χ2v) is 2.50. The fourth-order valence-electron chi connectivity index (χ4n) is 0.927. The minimum atomic E-state index is 0.720. The lowest BCUT2D eigenvalue weighted by molar-refractivity contribution is 0.317. The molecule has 1 aromatic rings. The van der Waals surface area contributed by atoms with Crippen LogP contribution in [0.5, 0.6) is 0 Å². The fraction of sp³-hybridized carbons (Fsp3) is 0.222. The van der Waals surface area contributed by atoms with Crippen molar-refractivity contribution in [1.82, 2.24) is 0 Å². The summed E-state index contributed by atoms with van der Waals surface area (Å²) in [5.74, 6) is 0. The number of hydrogen-bond acceptors (Lipinski definition) is 2. The molecule has 0 aliphatic heterocycles. The molecule has 0 spiro atoms. The van der Waals surface area contributed by atoms with Gasteiger partial charge in [0.1, 0.15) is 0 Å². The number of benzene rings is 1. The van der Waals surface area contributed by atoms with Crippen LogP contribution in [0.4, 0.5) is 0 Å². The van der Waals surface area contributed by atoms with Gasteiger partial charge in [0.25, 0.3) is 0 Å². The lowest BCUT2D eigenvalue weighted by Crippen LogP contribution is -1.96. The van der Waals surface area contributed by atoms with Crippen LogP contribution in [0, 0.1) is 0 Å². The first-order valence-corrected chi connectivity index (χ1v) is 3.54. The van der Waals surface area contributed by atoms with E-state index in [0.29, 0.717) is 0 Å². The van der Waals surface area contributed by atoms with Crippen molar-refractivity contribution >= 4 is 5.71 Å². The molecule has 0 saturated heterocycles. The van der Waals surface area contributed by atoms with E-state index in [1.165, 1.54) is 5.56 Å². The Morgan fingerprint density at radius 3 is 2.55 bits per heavy atom. The molecular weight excluding hydrogens is 138 g/mol. The molecule has 0 amide bonds. The lowest BCUT2D eigenvalue weighted by Gasteiger charge is -1.96. The summed E-state index contributed by atoms with van der Waals surface area (Å²) in [6, 6.07) is 9.93. The summed E-state index contributed by atoms with van der Waals surface area (Å²) in [5, 5.41) is 11.5. The lowest BCUT2D eigenvalue weighted by atomic mass is 10.1. The Balaban J connectivity index is 2.65. The van der Waals surface area contributed by atoms with E-state index in [-0.39, 0.29) is 0 Å². The Morgan fingerprint density at radius 2 is 2.00 bits per heavy atom. The molecule has 0 heterocycles. The normalized spacial score (nSPS) is 11.5. The summed E-state index contributed by atoms with van der Waals surface area (Å²) in [7, 11) is 0. The average Bonchev–Trinajstić information content (AvgIpc) is 2.06. The average molecular weight is 149 g/mol. The van der Waals surface area contributed by atoms with Crippen LogP contribution < -0.4 is 0 Å². The maximum Gasteiger partial charge on any atom is 0.0583 e. The molecule has 0 unspecified atom stereocenters. The van der Waals surface area contributed by atoms with Gasteiger partial charge in [0, 0.05) is 6.42 Å². The quantitative estimate of drug-likeness (QED) is 0.389. The molecular formula is C9H11NO. The van der Waals surface area contributed by atoms with Crippen molar-refractivity contribution in [2.75, 3.05) is 0 Å². The second kappa shape index (κ2) is 3.76. The van der Waals surface area contributed by atoms with Gasteiger partial charge in [-0.3, -0.25) is 0 Å². The maximum atomic E-state index is 8.38. The molecule has 0 aliphatic carbocycles. The van der Waals surface area contributed by atoms with Crippen LogP contribution in [-0.4, -0.2) is 10.9 Å². The number of rotatable bonds is 2. The van der Waals surface area contributed by atoms with Crippen molar-refractivity contribution < 1.29 is 5.21 Å². The van der Waals surface area contributed by atoms with Crippen molar-refractivity contribution in [2.24, 2.45) is 5.16 Å². The summed E-state index contributed by atoms with van der Waals surface area (Å²) in [5.41, 5.74) is 1.90. The molecule has 0 radical (unpaired) electrons. The third-order valence-corrected chi connectivity index (χ3v) is 1.47. The van der Waals surface area contributed by atoms with Crippen LogP contribution in [0.25, 0.3) is 0 Å². The Kier molecular flexibility index (Phi) is 2.66. The van der Waals surface area contributed by atoms with Crippen molar-refractivity contribution in [1.29, 1.82) is 0 Å². The first-order valence-electron chi connectivity index (χ1n) is 3.54. The topological polar surface area (TPSA) is 32.6 Å². The van der Waals surface area contributed by atoms with Gasteiger partial charge in [0.05, 0.1) is 5.71 Å². The molecule has 0 fully saturated rings. The SMILES string of the molecule is C/C(Cc1ccccc1)=N/O. The van der Waals surface area contributed by atoms with Gasteiger partial charge in [-0.05, 0) is 12.5 Å². The van der Waals surface area contributed by atoms with Gasteiger partial charge in [-0.25, -0.2) is 0 Å². The molecule has 1 N–H and O–H groups in total. The van der Waals surface area contributed by atoms with E-state index in [2.05, 4.69) is 5.16 Å². The monoisotopic (exact) mass is 149 g/mol. The van der Waals surface area contributed by atoms with E-state index in [4.69, 9.17) is 5.21 Å². The number of oxime groups is 1. The molecule has 0 aromatic heterocycles. The molecule has 0 saturated carbocycles. The van der Waals surface area contributed by atoms with Gasteiger partial charge in [0.2, 0.25) is 0 Å². The highest BCUT2D eigenvalue weighted by molar-refractivity contribution is 5.83. The van der Waals surface area contributed by atoms with E-state index >= 15 is 0 Å². The van der Waals surface area contributed by atoms with Crippen LogP contribution in [0.3, 0.4) is 0 Å². The summed E-state index contributed by atoms with van der Waals surface area (Å²) < 4.78 is 0. The zero-order chi connectivity index (χ0) is 8.10. The largest absolute Gasteiger partial charge is 0.411 e. The van der Waals surface area contributed by atoms with Crippen LogP contribution in [0.1, 0.15) is 12.5 Å². The molecule has 1 aromatic carbocycles. The van der Waals surface area contributed by atoms with Gasteiger partial charge in [-0.15, -0.1) is 0 Å². The van der Waals surface area contributed by atoms with Crippen LogP contribution in [0.15, 0.2) is 35.5 Å². The summed E-state index contributed by atoms with van der Waals surface area (Å²) in [6.45, 7) is 1.80. The third kappa shape index (κ3) is 2.42. The van der Waals surface area contributed by atoms with Crippen molar-refractivity contribution in [3.05, 3.63) is 35.9 Å². The van der Waals surface area contributed by atoms with E-state index in [0.717, 1.165) is 12.1 Å². The van der Waals surface area contributed by atoms with Gasteiger partial charge in [-0.1, -0.05) is 35.5 Å². The highest BCUT2D eigenvalue weighted by atomic mass is 16.4. The van der Waals surface area contributed by atoms with Gasteiger partial charge >= 0.3 is 0 Å². The Morgan fingerprint density at radius 1 is 1.36 bits per heavy atom. The molecule has 2 nitrogen and oxygen atoms in total. The van der Waals surface area contributed by atoms with E-state index in [1.807, 2.05) is 30.3 Å². The minimum absolute atomic E-state index is 0.720. The molecule has 1 rings (SSSR count). The molecule has 0 atom stereocenters. The van der Waals surface area contributed by atoms with E-state index in [9.17, 15) is 0 Å². The highest BCUT2D eigenvalue weighted by Crippen LogP contribution is 2.00. The Labute approximate surface area is 66.2 Å². The van der Waals surface area contributed by atoms with Gasteiger partial charge < -0.3 is 5.21 Å². The van der Waals surface area contributed by atoms with Crippen molar-refractivity contribution in [3.63, 3.8) is 0 Å². The van der Waals surface area contributed by atoms with Crippen LogP contribution in [-0.2, 0) is 6.42 Å². The predicted octanol–water partition coefficient (Wildman–Crippen LogP) is 2.08. The first kappa shape index (κ1) is 7.79. The van der Waals surface area contributed by atoms with E-state index in [1.54, 1.807) is 6.92 Å². The molecule has 2 heteroatoms. The maximum absolute atomic E-state index is 8.38. The standard InChI is InChI=1S/C9H11NO/c1-8(10-11)7-9-5-3-2-4-6-9/h2-6,11H,7H2,1H3/b10-8-. The minimum Gasteiger partial charge on any atom is -0.411 e. The zero-order valence-electron chi connectivity index (χ0n) is 6.49. The Hall–Kier alpha value is -1.31. The van der Waals surface area contributed by atoms with E-state index < -0.39 is 0 Å². The molecule has 11 heavy (non-hydrogen) atoms. The fourth-order valence-corrected chi connectivity index (χ4v) is 0.927. The number of hydrogen-bond donors (Lipinski definition) is 1. The summed E-state index contributed by atoms with van der Waals surface area (Å²) >= 11 is 0. The number of nitrogens with zero attached hydrogens (tertiary/aromatic N) is 1. The van der Waals surface area contributed by atoms with Crippen molar-refractivity contribution in [3.8, 4) is 0 Å². The Bertz CT molecular complexity index is 241. The third-order valence-electron chi connectivity index (χ3n) is 1.47. The van der Waals surface area contributed by atoms with Crippen LogP contribution >= 0.6 is 0 Å². The predicted molar refractivity (Wildman–Crippen MR) is 45.0 cm³/mol. The molecule has 0 aliphatic rings. The second-order valence-electron chi connectivity index (χ2n) is 2.50. The van der Waals surface area contributed by atoms with Gasteiger partial charge in [-0.2, -0.15) is 0 Å².